The van der Waals surface area contributed by atoms with Crippen molar-refractivity contribution in [1.29, 1.82) is 0 Å². The van der Waals surface area contributed by atoms with Gasteiger partial charge in [-0.25, -0.2) is 12.7 Å². The van der Waals surface area contributed by atoms with Crippen LogP contribution in [-0.4, -0.2) is 38.8 Å². The van der Waals surface area contributed by atoms with E-state index in [2.05, 4.69) is 21.2 Å². The van der Waals surface area contributed by atoms with Gasteiger partial charge in [0.05, 0.1) is 16.0 Å². The fourth-order valence-electron chi connectivity index (χ4n) is 2.17. The lowest BCUT2D eigenvalue weighted by Crippen LogP contribution is -2.23. The lowest BCUT2D eigenvalue weighted by molar-refractivity contribution is 0.102. The van der Waals surface area contributed by atoms with E-state index in [0.717, 1.165) is 4.31 Å². The Kier molecular flexibility index (Phi) is 6.91. The molecule has 0 unspecified atom stereocenters. The van der Waals surface area contributed by atoms with Crippen LogP contribution in [0.3, 0.4) is 0 Å². The molecule has 2 aromatic rings. The van der Waals surface area contributed by atoms with Gasteiger partial charge in [0.15, 0.2) is 0 Å². The summed E-state index contributed by atoms with van der Waals surface area (Å²) in [5.41, 5.74) is 0.679. The molecule has 0 aliphatic rings. The standard InChI is InChI=1S/C18H20BrClN2O4S/c1-11(2)26-16-8-6-13(10-15(16)20)21-18(23)12-5-7-14(19)17(9-12)27(24,25)22(3)4/h5-11H,1-4H3,(H,21,23). The van der Waals surface area contributed by atoms with Gasteiger partial charge in [0, 0.05) is 29.8 Å². The van der Waals surface area contributed by atoms with Crippen LogP contribution in [0.15, 0.2) is 45.8 Å². The number of carbonyl (C=O) groups is 1. The van der Waals surface area contributed by atoms with E-state index < -0.39 is 15.9 Å². The monoisotopic (exact) mass is 474 g/mol. The molecule has 0 aliphatic carbocycles. The first-order valence-corrected chi connectivity index (χ1v) is 10.6. The number of nitrogens with zero attached hydrogens (tertiary/aromatic N) is 1. The van der Waals surface area contributed by atoms with E-state index in [4.69, 9.17) is 16.3 Å². The van der Waals surface area contributed by atoms with Gasteiger partial charge in [-0.2, -0.15) is 0 Å². The third kappa shape index (κ3) is 5.22. The van der Waals surface area contributed by atoms with Crippen molar-refractivity contribution in [2.75, 3.05) is 19.4 Å². The second-order valence-electron chi connectivity index (χ2n) is 6.20. The highest BCUT2D eigenvalue weighted by Gasteiger charge is 2.22. The van der Waals surface area contributed by atoms with Crippen molar-refractivity contribution < 1.29 is 17.9 Å². The molecule has 0 atom stereocenters. The van der Waals surface area contributed by atoms with Crippen molar-refractivity contribution in [3.8, 4) is 5.75 Å². The largest absolute Gasteiger partial charge is 0.489 e. The first-order chi connectivity index (χ1) is 12.5. The van der Waals surface area contributed by atoms with E-state index in [1.807, 2.05) is 13.8 Å². The molecule has 0 aromatic heterocycles. The van der Waals surface area contributed by atoms with Crippen LogP contribution in [0.2, 0.25) is 5.02 Å². The van der Waals surface area contributed by atoms with Gasteiger partial charge in [-0.05, 0) is 66.2 Å². The molecule has 0 saturated carbocycles. The highest BCUT2D eigenvalue weighted by molar-refractivity contribution is 9.10. The Morgan fingerprint density at radius 2 is 1.85 bits per heavy atom. The molecule has 1 amide bonds. The zero-order chi connectivity index (χ0) is 20.4. The summed E-state index contributed by atoms with van der Waals surface area (Å²) >= 11 is 9.39. The number of ether oxygens (including phenoxy) is 1. The molecule has 0 heterocycles. The van der Waals surface area contributed by atoms with Crippen LogP contribution in [0.5, 0.6) is 5.75 Å². The summed E-state index contributed by atoms with van der Waals surface area (Å²) in [6, 6.07) is 9.29. The average molecular weight is 476 g/mol. The Morgan fingerprint density at radius 3 is 2.41 bits per heavy atom. The van der Waals surface area contributed by atoms with E-state index in [9.17, 15) is 13.2 Å². The quantitative estimate of drug-likeness (QED) is 0.672. The smallest absolute Gasteiger partial charge is 0.255 e. The Balaban J connectivity index is 2.28. The van der Waals surface area contributed by atoms with E-state index >= 15 is 0 Å². The van der Waals surface area contributed by atoms with Gasteiger partial charge in [-0.3, -0.25) is 4.79 Å². The topological polar surface area (TPSA) is 75.7 Å². The molecule has 0 spiro atoms. The number of nitrogens with one attached hydrogen (secondary N) is 1. The van der Waals surface area contributed by atoms with E-state index in [-0.39, 0.29) is 16.6 Å². The summed E-state index contributed by atoms with van der Waals surface area (Å²) in [4.78, 5) is 12.6. The SMILES string of the molecule is CC(C)Oc1ccc(NC(=O)c2ccc(Br)c(S(=O)(=O)N(C)C)c2)cc1Cl. The maximum atomic E-state index is 12.5. The predicted octanol–water partition coefficient (Wildman–Crippen LogP) is 4.39. The summed E-state index contributed by atoms with van der Waals surface area (Å²) < 4.78 is 31.8. The van der Waals surface area contributed by atoms with Gasteiger partial charge < -0.3 is 10.1 Å². The van der Waals surface area contributed by atoms with Gasteiger partial charge >= 0.3 is 0 Å². The lowest BCUT2D eigenvalue weighted by atomic mass is 10.2. The highest BCUT2D eigenvalue weighted by atomic mass is 79.9. The fraction of sp³-hybridized carbons (Fsp3) is 0.278. The molecular weight excluding hydrogens is 456 g/mol. The Morgan fingerprint density at radius 1 is 1.19 bits per heavy atom. The van der Waals surface area contributed by atoms with Crippen molar-refractivity contribution in [1.82, 2.24) is 4.31 Å². The number of rotatable bonds is 6. The van der Waals surface area contributed by atoms with Crippen LogP contribution in [-0.2, 0) is 10.0 Å². The summed E-state index contributed by atoms with van der Waals surface area (Å²) in [5.74, 6) is 0.0685. The third-order valence-corrected chi connectivity index (χ3v) is 6.61. The lowest BCUT2D eigenvalue weighted by Gasteiger charge is -2.15. The van der Waals surface area contributed by atoms with Crippen molar-refractivity contribution in [3.05, 3.63) is 51.5 Å². The third-order valence-electron chi connectivity index (χ3n) is 3.50. The molecule has 0 radical (unpaired) electrons. The molecule has 1 N–H and O–H groups in total. The van der Waals surface area contributed by atoms with Crippen molar-refractivity contribution in [3.63, 3.8) is 0 Å². The van der Waals surface area contributed by atoms with Gasteiger partial charge in [0.25, 0.3) is 5.91 Å². The normalized spacial score (nSPS) is 11.7. The van der Waals surface area contributed by atoms with Gasteiger partial charge in [-0.15, -0.1) is 0 Å². The Hall–Kier alpha value is -1.61. The maximum Gasteiger partial charge on any atom is 0.255 e. The molecule has 2 rings (SSSR count). The fourth-order valence-corrected chi connectivity index (χ4v) is 4.24. The molecule has 0 fully saturated rings. The number of carbonyl (C=O) groups excluding carboxylic acids is 1. The minimum Gasteiger partial charge on any atom is -0.489 e. The Bertz CT molecular complexity index is 962. The number of benzene rings is 2. The summed E-state index contributed by atoms with van der Waals surface area (Å²) in [6.07, 6.45) is -0.0252. The first kappa shape index (κ1) is 21.7. The minimum atomic E-state index is -3.69. The van der Waals surface area contributed by atoms with Crippen LogP contribution in [0.4, 0.5) is 5.69 Å². The predicted molar refractivity (Wildman–Crippen MR) is 110 cm³/mol. The molecule has 2 aromatic carbocycles. The molecule has 9 heteroatoms. The highest BCUT2D eigenvalue weighted by Crippen LogP contribution is 2.29. The molecule has 27 heavy (non-hydrogen) atoms. The summed E-state index contributed by atoms with van der Waals surface area (Å²) in [5, 5.41) is 3.07. The van der Waals surface area contributed by atoms with Gasteiger partial charge in [0.2, 0.25) is 10.0 Å². The molecule has 146 valence electrons. The summed E-state index contributed by atoms with van der Waals surface area (Å²) in [7, 11) is -0.836. The maximum absolute atomic E-state index is 12.5. The second kappa shape index (κ2) is 8.60. The average Bonchev–Trinajstić information content (AvgIpc) is 2.57. The molecule has 0 aliphatic heterocycles. The summed E-state index contributed by atoms with van der Waals surface area (Å²) in [6.45, 7) is 3.78. The van der Waals surface area contributed by atoms with Crippen LogP contribution in [0, 0.1) is 0 Å². The molecule has 0 saturated heterocycles. The van der Waals surface area contributed by atoms with Crippen molar-refractivity contribution in [2.45, 2.75) is 24.8 Å². The number of sulfonamides is 1. The van der Waals surface area contributed by atoms with Gasteiger partial charge in [0.1, 0.15) is 5.75 Å². The van der Waals surface area contributed by atoms with Crippen LogP contribution in [0.1, 0.15) is 24.2 Å². The second-order valence-corrected chi connectivity index (χ2v) is 9.58. The minimum absolute atomic E-state index is 0.0128. The molecule has 6 nitrogen and oxygen atoms in total. The van der Waals surface area contributed by atoms with E-state index in [1.165, 1.54) is 32.3 Å². The number of hydrogen-bond donors (Lipinski definition) is 1. The van der Waals surface area contributed by atoms with E-state index in [1.54, 1.807) is 18.2 Å². The number of hydrogen-bond acceptors (Lipinski definition) is 4. The van der Waals surface area contributed by atoms with E-state index in [0.29, 0.717) is 20.9 Å². The molecular formula is C18H20BrClN2O4S. The van der Waals surface area contributed by atoms with Crippen molar-refractivity contribution >= 4 is 49.1 Å². The number of halogens is 2. The molecule has 0 bridgehead atoms. The van der Waals surface area contributed by atoms with Crippen LogP contribution < -0.4 is 10.1 Å². The Labute approximate surface area is 172 Å². The first-order valence-electron chi connectivity index (χ1n) is 8.02. The number of amides is 1. The van der Waals surface area contributed by atoms with Crippen LogP contribution >= 0.6 is 27.5 Å². The van der Waals surface area contributed by atoms with Gasteiger partial charge in [-0.1, -0.05) is 11.6 Å². The number of anilines is 1. The zero-order valence-corrected chi connectivity index (χ0v) is 18.4. The zero-order valence-electron chi connectivity index (χ0n) is 15.3. The van der Waals surface area contributed by atoms with Crippen molar-refractivity contribution in [2.24, 2.45) is 0 Å². The van der Waals surface area contributed by atoms with Crippen LogP contribution in [0.25, 0.3) is 0 Å².